The lowest BCUT2D eigenvalue weighted by molar-refractivity contribution is 0.337. The molecule has 1 aliphatic carbocycles. The first kappa shape index (κ1) is 13.1. The molecule has 0 atom stereocenters. The molecule has 1 heterocycles. The second-order valence-corrected chi connectivity index (χ2v) is 5.31. The predicted octanol–water partition coefficient (Wildman–Crippen LogP) is 1.40. The van der Waals surface area contributed by atoms with Gasteiger partial charge in [0.05, 0.1) is 0 Å². The number of rotatable bonds is 6. The van der Waals surface area contributed by atoms with Crippen LogP contribution in [0.1, 0.15) is 38.4 Å². The summed E-state index contributed by atoms with van der Waals surface area (Å²) in [7, 11) is 2.14. The minimum absolute atomic E-state index is 0.0910. The zero-order chi connectivity index (χ0) is 13.1. The highest BCUT2D eigenvalue weighted by molar-refractivity contribution is 5.33. The average molecular weight is 250 g/mol. The van der Waals surface area contributed by atoms with Gasteiger partial charge in [-0.1, -0.05) is 13.8 Å². The molecule has 0 radical (unpaired) electrons. The summed E-state index contributed by atoms with van der Waals surface area (Å²) in [6.45, 7) is 5.84. The predicted molar refractivity (Wildman–Crippen MR) is 73.1 cm³/mol. The molecular formula is C13H22N4O. The number of hydrogen-bond acceptors (Lipinski definition) is 4. The second-order valence-electron chi connectivity index (χ2n) is 5.31. The third kappa shape index (κ3) is 3.57. The van der Waals surface area contributed by atoms with Crippen molar-refractivity contribution in [2.24, 2.45) is 0 Å². The Morgan fingerprint density at radius 1 is 1.56 bits per heavy atom. The van der Waals surface area contributed by atoms with Crippen molar-refractivity contribution in [1.29, 1.82) is 0 Å². The van der Waals surface area contributed by atoms with E-state index in [2.05, 4.69) is 27.2 Å². The van der Waals surface area contributed by atoms with E-state index in [0.717, 1.165) is 25.0 Å². The Balaban J connectivity index is 1.89. The summed E-state index contributed by atoms with van der Waals surface area (Å²) < 4.78 is 0. The Hall–Kier alpha value is -1.36. The topological polar surface area (TPSA) is 61.0 Å². The molecule has 0 spiro atoms. The number of anilines is 1. The molecule has 0 amide bonds. The molecule has 1 aromatic heterocycles. The van der Waals surface area contributed by atoms with Crippen LogP contribution >= 0.6 is 0 Å². The summed E-state index contributed by atoms with van der Waals surface area (Å²) in [5.74, 6) is 1.64. The van der Waals surface area contributed by atoms with Crippen LogP contribution in [0.15, 0.2) is 10.9 Å². The Bertz CT molecular complexity index is 451. The maximum atomic E-state index is 11.5. The van der Waals surface area contributed by atoms with Crippen LogP contribution < -0.4 is 10.9 Å². The number of H-pyrrole nitrogens is 1. The molecule has 0 unspecified atom stereocenters. The molecule has 1 fully saturated rings. The van der Waals surface area contributed by atoms with Gasteiger partial charge in [0.15, 0.2) is 0 Å². The third-order valence-electron chi connectivity index (χ3n) is 3.25. The minimum Gasteiger partial charge on any atom is -0.369 e. The van der Waals surface area contributed by atoms with Crippen LogP contribution in [0.25, 0.3) is 0 Å². The molecule has 0 saturated heterocycles. The van der Waals surface area contributed by atoms with E-state index in [0.29, 0.717) is 5.82 Å². The number of nitrogens with zero attached hydrogens (tertiary/aromatic N) is 2. The molecule has 5 heteroatoms. The highest BCUT2D eigenvalue weighted by atomic mass is 16.1. The van der Waals surface area contributed by atoms with E-state index < -0.39 is 0 Å². The van der Waals surface area contributed by atoms with Crippen LogP contribution in [0.2, 0.25) is 0 Å². The van der Waals surface area contributed by atoms with Gasteiger partial charge in [-0.2, -0.15) is 0 Å². The van der Waals surface area contributed by atoms with E-state index in [1.54, 1.807) is 0 Å². The highest BCUT2D eigenvalue weighted by Gasteiger charge is 2.25. The van der Waals surface area contributed by atoms with Crippen molar-refractivity contribution in [3.63, 3.8) is 0 Å². The van der Waals surface area contributed by atoms with Gasteiger partial charge in [-0.3, -0.25) is 4.79 Å². The van der Waals surface area contributed by atoms with Gasteiger partial charge in [0.2, 0.25) is 0 Å². The van der Waals surface area contributed by atoms with E-state index >= 15 is 0 Å². The molecule has 1 aromatic rings. The molecule has 100 valence electrons. The summed E-state index contributed by atoms with van der Waals surface area (Å²) in [4.78, 5) is 21.0. The van der Waals surface area contributed by atoms with Crippen LogP contribution in [0, 0.1) is 0 Å². The lowest BCUT2D eigenvalue weighted by atomic mass is 10.2. The normalized spacial score (nSPS) is 15.4. The van der Waals surface area contributed by atoms with Crippen molar-refractivity contribution >= 4 is 5.82 Å². The Morgan fingerprint density at radius 2 is 2.28 bits per heavy atom. The average Bonchev–Trinajstić information content (AvgIpc) is 3.11. The fourth-order valence-electron chi connectivity index (χ4n) is 1.90. The first-order chi connectivity index (χ1) is 8.56. The van der Waals surface area contributed by atoms with Gasteiger partial charge in [0.25, 0.3) is 5.56 Å². The van der Waals surface area contributed by atoms with Crippen molar-refractivity contribution in [2.75, 3.05) is 25.5 Å². The molecular weight excluding hydrogens is 228 g/mol. The fourth-order valence-corrected chi connectivity index (χ4v) is 1.90. The van der Waals surface area contributed by atoms with Crippen LogP contribution in [-0.2, 0) is 0 Å². The number of likely N-dealkylation sites (N-methyl/N-ethyl adjacent to an activating group) is 1. The van der Waals surface area contributed by atoms with Crippen molar-refractivity contribution in [2.45, 2.75) is 38.6 Å². The van der Waals surface area contributed by atoms with Gasteiger partial charge in [-0.25, -0.2) is 4.98 Å². The lowest BCUT2D eigenvalue weighted by Gasteiger charge is -2.16. The Labute approximate surface area is 108 Å². The first-order valence-electron chi connectivity index (χ1n) is 6.61. The van der Waals surface area contributed by atoms with Gasteiger partial charge in [-0.05, 0) is 19.9 Å². The molecule has 1 aliphatic rings. The molecule has 1 saturated carbocycles. The Kier molecular flexibility index (Phi) is 4.01. The second kappa shape index (κ2) is 5.52. The van der Waals surface area contributed by atoms with E-state index in [1.165, 1.54) is 18.9 Å². The van der Waals surface area contributed by atoms with Crippen molar-refractivity contribution in [3.05, 3.63) is 22.2 Å². The monoisotopic (exact) mass is 250 g/mol. The standard InChI is InChI=1S/C13H22N4O/c1-9(2)13-15-11(8-12(18)16-13)14-6-7-17(3)10-4-5-10/h8-10H,4-7H2,1-3H3,(H2,14,15,16,18). The van der Waals surface area contributed by atoms with E-state index in [1.807, 2.05) is 13.8 Å². The molecule has 18 heavy (non-hydrogen) atoms. The quantitative estimate of drug-likeness (QED) is 0.801. The van der Waals surface area contributed by atoms with E-state index in [4.69, 9.17) is 0 Å². The van der Waals surface area contributed by atoms with Crippen LogP contribution in [0.4, 0.5) is 5.82 Å². The van der Waals surface area contributed by atoms with E-state index in [9.17, 15) is 4.79 Å². The zero-order valence-corrected chi connectivity index (χ0v) is 11.4. The summed E-state index contributed by atoms with van der Waals surface area (Å²) in [6.07, 6.45) is 2.63. The fraction of sp³-hybridized carbons (Fsp3) is 0.692. The zero-order valence-electron chi connectivity index (χ0n) is 11.4. The smallest absolute Gasteiger partial charge is 0.252 e. The molecule has 2 N–H and O–H groups in total. The van der Waals surface area contributed by atoms with Gasteiger partial charge in [0, 0.05) is 31.1 Å². The molecule has 0 bridgehead atoms. The number of hydrogen-bond donors (Lipinski definition) is 2. The molecule has 2 rings (SSSR count). The SMILES string of the molecule is CC(C)c1nc(NCCN(C)C2CC2)cc(=O)[nH]1. The highest BCUT2D eigenvalue weighted by Crippen LogP contribution is 2.24. The summed E-state index contributed by atoms with van der Waals surface area (Å²) in [6, 6.07) is 2.29. The minimum atomic E-state index is -0.0910. The first-order valence-corrected chi connectivity index (χ1v) is 6.61. The maximum Gasteiger partial charge on any atom is 0.252 e. The summed E-state index contributed by atoms with van der Waals surface area (Å²) in [5, 5.41) is 3.22. The van der Waals surface area contributed by atoms with E-state index in [-0.39, 0.29) is 11.5 Å². The largest absolute Gasteiger partial charge is 0.369 e. The van der Waals surface area contributed by atoms with Gasteiger partial charge in [0.1, 0.15) is 11.6 Å². The molecule has 0 aromatic carbocycles. The van der Waals surface area contributed by atoms with Gasteiger partial charge in [-0.15, -0.1) is 0 Å². The maximum absolute atomic E-state index is 11.5. The summed E-state index contributed by atoms with van der Waals surface area (Å²) >= 11 is 0. The van der Waals surface area contributed by atoms with Crippen LogP contribution in [0.3, 0.4) is 0 Å². The van der Waals surface area contributed by atoms with Gasteiger partial charge < -0.3 is 15.2 Å². The van der Waals surface area contributed by atoms with Crippen LogP contribution in [-0.4, -0.2) is 41.0 Å². The lowest BCUT2D eigenvalue weighted by Crippen LogP contribution is -2.27. The molecule has 5 nitrogen and oxygen atoms in total. The molecule has 0 aliphatic heterocycles. The Morgan fingerprint density at radius 3 is 2.89 bits per heavy atom. The third-order valence-corrected chi connectivity index (χ3v) is 3.25. The van der Waals surface area contributed by atoms with Crippen molar-refractivity contribution < 1.29 is 0 Å². The number of aromatic nitrogens is 2. The summed E-state index contributed by atoms with van der Waals surface area (Å²) in [5.41, 5.74) is -0.0910. The van der Waals surface area contributed by atoms with Gasteiger partial charge >= 0.3 is 0 Å². The number of aromatic amines is 1. The van der Waals surface area contributed by atoms with Crippen molar-refractivity contribution in [3.8, 4) is 0 Å². The van der Waals surface area contributed by atoms with Crippen LogP contribution in [0.5, 0.6) is 0 Å². The number of nitrogens with one attached hydrogen (secondary N) is 2. The van der Waals surface area contributed by atoms with Crippen molar-refractivity contribution in [1.82, 2.24) is 14.9 Å².